The van der Waals surface area contributed by atoms with Crippen molar-refractivity contribution in [2.24, 2.45) is 0 Å². The summed E-state index contributed by atoms with van der Waals surface area (Å²) in [5.41, 5.74) is 2.19. The normalized spacial score (nSPS) is 17.6. The number of esters is 1. The number of nitrogens with one attached hydrogen (secondary N) is 1. The Kier molecular flexibility index (Phi) is 8.31. The van der Waals surface area contributed by atoms with Crippen molar-refractivity contribution in [3.8, 4) is 0 Å². The monoisotopic (exact) mass is 536 g/mol. The van der Waals surface area contributed by atoms with Crippen molar-refractivity contribution < 1.29 is 19.1 Å². The van der Waals surface area contributed by atoms with Crippen molar-refractivity contribution in [3.05, 3.63) is 119 Å². The first-order valence-electron chi connectivity index (χ1n) is 11.7. The van der Waals surface area contributed by atoms with Crippen LogP contribution in [0.5, 0.6) is 0 Å². The van der Waals surface area contributed by atoms with Crippen LogP contribution in [-0.4, -0.2) is 46.1 Å². The fourth-order valence-electron chi connectivity index (χ4n) is 4.12. The minimum absolute atomic E-state index is 0.0884. The molecule has 1 heterocycles. The molecule has 3 atom stereocenters. The van der Waals surface area contributed by atoms with Crippen LogP contribution in [0, 0.1) is 6.92 Å². The topological polar surface area (TPSA) is 75.7 Å². The number of alkyl halides is 2. The Bertz CT molecular complexity index is 1240. The zero-order valence-electron chi connectivity index (χ0n) is 20.1. The fourth-order valence-corrected chi connectivity index (χ4v) is 4.65. The summed E-state index contributed by atoms with van der Waals surface area (Å²) in [5.74, 6) is -1.77. The summed E-state index contributed by atoms with van der Waals surface area (Å²) in [6.45, 7) is 5.80. The standard InChI is InChI=1S/C29H26Cl2N2O4/c1-18-13-15-22(16-14-18)27(34)32-23-26(31)33(28(23)35)24(19(2)17-30)29(36)37-25(20-9-5-3-6-10-20)21-11-7-4-8-12-21/h3-16,23-26H,2,17H2,1H3,(H,32,34). The van der Waals surface area contributed by atoms with Gasteiger partial charge >= 0.3 is 5.97 Å². The second-order valence-electron chi connectivity index (χ2n) is 8.77. The number of aryl methyl sites for hydroxylation is 1. The number of β-lactam (4-membered cyclic amide) rings is 1. The van der Waals surface area contributed by atoms with Gasteiger partial charge in [0.25, 0.3) is 11.8 Å². The van der Waals surface area contributed by atoms with Gasteiger partial charge < -0.3 is 15.0 Å². The molecule has 3 unspecified atom stereocenters. The molecule has 0 aliphatic carbocycles. The van der Waals surface area contributed by atoms with Gasteiger partial charge in [0, 0.05) is 11.4 Å². The summed E-state index contributed by atoms with van der Waals surface area (Å²) < 4.78 is 5.96. The number of carbonyl (C=O) groups is 3. The van der Waals surface area contributed by atoms with E-state index in [1.807, 2.05) is 67.6 Å². The summed E-state index contributed by atoms with van der Waals surface area (Å²) >= 11 is 12.6. The van der Waals surface area contributed by atoms with Gasteiger partial charge in [-0.05, 0) is 35.8 Å². The van der Waals surface area contributed by atoms with Crippen molar-refractivity contribution >= 4 is 41.0 Å². The third-order valence-electron chi connectivity index (χ3n) is 6.16. The average Bonchev–Trinajstić information content (AvgIpc) is 2.93. The highest BCUT2D eigenvalue weighted by Gasteiger charge is 2.53. The molecule has 8 heteroatoms. The molecule has 190 valence electrons. The second-order valence-corrected chi connectivity index (χ2v) is 9.48. The lowest BCUT2D eigenvalue weighted by Crippen LogP contribution is -2.72. The van der Waals surface area contributed by atoms with Gasteiger partial charge in [-0.25, -0.2) is 4.79 Å². The van der Waals surface area contributed by atoms with E-state index in [9.17, 15) is 14.4 Å². The molecule has 1 saturated heterocycles. The van der Waals surface area contributed by atoms with E-state index in [2.05, 4.69) is 11.9 Å². The van der Waals surface area contributed by atoms with Crippen molar-refractivity contribution in [2.75, 3.05) is 5.88 Å². The average molecular weight is 537 g/mol. The van der Waals surface area contributed by atoms with Gasteiger partial charge in [-0.3, -0.25) is 9.59 Å². The molecule has 3 aromatic rings. The van der Waals surface area contributed by atoms with Crippen LogP contribution in [-0.2, 0) is 14.3 Å². The zero-order chi connectivity index (χ0) is 26.5. The Morgan fingerprint density at radius 3 is 2.00 bits per heavy atom. The number of rotatable bonds is 9. The van der Waals surface area contributed by atoms with Crippen LogP contribution in [0.25, 0.3) is 0 Å². The highest BCUT2D eigenvalue weighted by molar-refractivity contribution is 6.27. The quantitative estimate of drug-likeness (QED) is 0.137. The number of likely N-dealkylation sites (tertiary alicyclic amines) is 1. The molecule has 2 amide bonds. The highest BCUT2D eigenvalue weighted by Crippen LogP contribution is 2.33. The van der Waals surface area contributed by atoms with Gasteiger partial charge in [0.05, 0.1) is 0 Å². The van der Waals surface area contributed by atoms with Gasteiger partial charge in [-0.15, -0.1) is 11.6 Å². The van der Waals surface area contributed by atoms with E-state index in [0.29, 0.717) is 5.56 Å². The van der Waals surface area contributed by atoms with Gasteiger partial charge in [0.15, 0.2) is 12.1 Å². The fraction of sp³-hybridized carbons (Fsp3) is 0.207. The molecule has 6 nitrogen and oxygen atoms in total. The smallest absolute Gasteiger partial charge is 0.334 e. The maximum Gasteiger partial charge on any atom is 0.334 e. The molecule has 0 aromatic heterocycles. The molecule has 0 radical (unpaired) electrons. The number of carbonyl (C=O) groups excluding carboxylic acids is 3. The first-order valence-corrected chi connectivity index (χ1v) is 12.7. The molecule has 0 bridgehead atoms. The lowest BCUT2D eigenvalue weighted by molar-refractivity contribution is -0.164. The Morgan fingerprint density at radius 2 is 1.51 bits per heavy atom. The Labute approximate surface area is 225 Å². The highest BCUT2D eigenvalue weighted by atomic mass is 35.5. The lowest BCUT2D eigenvalue weighted by Gasteiger charge is -2.47. The molecule has 1 aliphatic rings. The molecule has 0 saturated carbocycles. The zero-order valence-corrected chi connectivity index (χ0v) is 21.7. The minimum atomic E-state index is -1.21. The van der Waals surface area contributed by atoms with Gasteiger partial charge in [-0.1, -0.05) is 96.5 Å². The Balaban J connectivity index is 1.54. The summed E-state index contributed by atoms with van der Waals surface area (Å²) in [6, 6.07) is 23.3. The first-order chi connectivity index (χ1) is 17.8. The minimum Gasteiger partial charge on any atom is -0.451 e. The van der Waals surface area contributed by atoms with Crippen LogP contribution < -0.4 is 5.32 Å². The predicted molar refractivity (Wildman–Crippen MR) is 143 cm³/mol. The van der Waals surface area contributed by atoms with Crippen LogP contribution in [0.3, 0.4) is 0 Å². The molecule has 37 heavy (non-hydrogen) atoms. The molecule has 3 aromatic carbocycles. The van der Waals surface area contributed by atoms with Crippen molar-refractivity contribution in [1.29, 1.82) is 0 Å². The third-order valence-corrected chi connectivity index (χ3v) is 6.97. The van der Waals surface area contributed by atoms with Gasteiger partial charge in [0.2, 0.25) is 0 Å². The number of benzene rings is 3. The maximum absolute atomic E-state index is 13.5. The van der Waals surface area contributed by atoms with E-state index in [0.717, 1.165) is 21.6 Å². The van der Waals surface area contributed by atoms with Crippen LogP contribution in [0.1, 0.15) is 33.2 Å². The van der Waals surface area contributed by atoms with E-state index >= 15 is 0 Å². The van der Waals surface area contributed by atoms with E-state index in [4.69, 9.17) is 27.9 Å². The first kappa shape index (κ1) is 26.5. The maximum atomic E-state index is 13.5. The lowest BCUT2D eigenvalue weighted by atomic mass is 9.98. The summed E-state index contributed by atoms with van der Waals surface area (Å²) in [6.07, 6.45) is -0.720. The SMILES string of the molecule is C=C(CCl)C(C(=O)OC(c1ccccc1)c1ccccc1)N1C(=O)C(NC(=O)c2ccc(C)cc2)C1Cl. The van der Waals surface area contributed by atoms with E-state index < -0.39 is 41.5 Å². The van der Waals surface area contributed by atoms with Crippen molar-refractivity contribution in [2.45, 2.75) is 30.6 Å². The number of amides is 2. The molecule has 1 N–H and O–H groups in total. The van der Waals surface area contributed by atoms with E-state index in [1.54, 1.807) is 24.3 Å². The Morgan fingerprint density at radius 1 is 0.973 bits per heavy atom. The molecule has 1 fully saturated rings. The summed E-state index contributed by atoms with van der Waals surface area (Å²) in [4.78, 5) is 40.4. The van der Waals surface area contributed by atoms with Crippen molar-refractivity contribution in [3.63, 3.8) is 0 Å². The molecule has 0 spiro atoms. The number of ether oxygens (including phenoxy) is 1. The van der Waals surface area contributed by atoms with E-state index in [1.165, 1.54) is 0 Å². The third kappa shape index (κ3) is 5.71. The second kappa shape index (κ2) is 11.6. The van der Waals surface area contributed by atoms with Crippen LogP contribution in [0.15, 0.2) is 97.1 Å². The summed E-state index contributed by atoms with van der Waals surface area (Å²) in [5, 5.41) is 2.65. The van der Waals surface area contributed by atoms with Crippen LogP contribution in [0.2, 0.25) is 0 Å². The number of hydrogen-bond acceptors (Lipinski definition) is 4. The molecule has 4 rings (SSSR count). The van der Waals surface area contributed by atoms with Crippen LogP contribution >= 0.6 is 23.2 Å². The molecular formula is C29H26Cl2N2O4. The van der Waals surface area contributed by atoms with Gasteiger partial charge in [0.1, 0.15) is 11.5 Å². The van der Waals surface area contributed by atoms with Crippen molar-refractivity contribution in [1.82, 2.24) is 10.2 Å². The van der Waals surface area contributed by atoms with Crippen LogP contribution in [0.4, 0.5) is 0 Å². The van der Waals surface area contributed by atoms with E-state index in [-0.39, 0.29) is 11.5 Å². The number of hydrogen-bond donors (Lipinski definition) is 1. The summed E-state index contributed by atoms with van der Waals surface area (Å²) in [7, 11) is 0. The number of halogens is 2. The largest absolute Gasteiger partial charge is 0.451 e. The Hall–Kier alpha value is -3.61. The molecular weight excluding hydrogens is 511 g/mol. The van der Waals surface area contributed by atoms with Gasteiger partial charge in [-0.2, -0.15) is 0 Å². The molecule has 1 aliphatic heterocycles. The number of nitrogens with zero attached hydrogens (tertiary/aromatic N) is 1. The predicted octanol–water partition coefficient (Wildman–Crippen LogP) is 5.00.